The number of sulfone groups is 1. The van der Waals surface area contributed by atoms with E-state index in [-0.39, 0.29) is 43.0 Å². The van der Waals surface area contributed by atoms with Crippen molar-refractivity contribution < 1.29 is 27.2 Å². The van der Waals surface area contributed by atoms with Crippen LogP contribution in [-0.4, -0.2) is 80.4 Å². The van der Waals surface area contributed by atoms with E-state index >= 15 is 0 Å². The number of piperazine rings is 1. The van der Waals surface area contributed by atoms with Gasteiger partial charge in [0.15, 0.2) is 9.84 Å². The predicted octanol–water partition coefficient (Wildman–Crippen LogP) is 0.529. The van der Waals surface area contributed by atoms with Crippen molar-refractivity contribution in [2.45, 2.75) is 12.1 Å². The summed E-state index contributed by atoms with van der Waals surface area (Å²) in [4.78, 5) is 28.6. The predicted molar refractivity (Wildman–Crippen MR) is 97.1 cm³/mol. The van der Waals surface area contributed by atoms with E-state index in [1.807, 2.05) is 12.1 Å². The molecule has 0 radical (unpaired) electrons. The molecule has 1 aromatic heterocycles. The Morgan fingerprint density at radius 2 is 1.81 bits per heavy atom. The number of benzene rings is 1. The number of furan rings is 1. The molecule has 3 heterocycles. The molecule has 2 aromatic rings. The minimum absolute atomic E-state index is 0.108. The number of rotatable bonds is 3. The Hall–Kier alpha value is -2.39. The van der Waals surface area contributed by atoms with Crippen molar-refractivity contribution in [1.29, 1.82) is 0 Å². The zero-order valence-electron chi connectivity index (χ0n) is 14.8. The molecular weight excluding hydrogens is 372 g/mol. The second kappa shape index (κ2) is 6.65. The fourth-order valence-corrected chi connectivity index (χ4v) is 6.00. The number of methoxy groups -OCH3 is 1. The van der Waals surface area contributed by atoms with E-state index < -0.39 is 21.9 Å². The van der Waals surface area contributed by atoms with Gasteiger partial charge in [-0.2, -0.15) is 0 Å². The lowest BCUT2D eigenvalue weighted by molar-refractivity contribution is -0.140. The maximum atomic E-state index is 13.2. The summed E-state index contributed by atoms with van der Waals surface area (Å²) < 4.78 is 34.9. The Labute approximate surface area is 156 Å². The standard InChI is InChI=1S/C18H20N2O6S/c1-25-9-17(21)19-6-7-20(15-11-27(23,24)10-14(15)19)18(22)13-8-26-16-5-3-2-4-12(13)16/h2-5,8,14-15H,6-7,9-11H2,1H3/t14-,15+/m1/s1. The van der Waals surface area contributed by atoms with Gasteiger partial charge in [0.05, 0.1) is 29.2 Å². The molecule has 9 heteroatoms. The van der Waals surface area contributed by atoms with E-state index in [9.17, 15) is 18.0 Å². The third kappa shape index (κ3) is 3.10. The van der Waals surface area contributed by atoms with E-state index in [0.29, 0.717) is 16.5 Å². The van der Waals surface area contributed by atoms with Crippen LogP contribution in [0.4, 0.5) is 0 Å². The van der Waals surface area contributed by atoms with Gasteiger partial charge in [-0.3, -0.25) is 9.59 Å². The first-order valence-electron chi connectivity index (χ1n) is 8.67. The van der Waals surface area contributed by atoms with Crippen molar-refractivity contribution in [3.05, 3.63) is 36.1 Å². The molecular formula is C18H20N2O6S. The summed E-state index contributed by atoms with van der Waals surface area (Å²) >= 11 is 0. The van der Waals surface area contributed by atoms with Crippen molar-refractivity contribution in [3.63, 3.8) is 0 Å². The lowest BCUT2D eigenvalue weighted by atomic mass is 10.0. The van der Waals surface area contributed by atoms with Gasteiger partial charge in [0, 0.05) is 25.6 Å². The van der Waals surface area contributed by atoms with Crippen LogP contribution in [0.15, 0.2) is 34.9 Å². The van der Waals surface area contributed by atoms with Crippen LogP contribution in [0.3, 0.4) is 0 Å². The summed E-state index contributed by atoms with van der Waals surface area (Å²) in [6, 6.07) is 6.10. The first-order valence-corrected chi connectivity index (χ1v) is 10.5. The van der Waals surface area contributed by atoms with Gasteiger partial charge in [-0.15, -0.1) is 0 Å². The normalized spacial score (nSPS) is 24.2. The summed E-state index contributed by atoms with van der Waals surface area (Å²) in [6.45, 7) is 0.439. The summed E-state index contributed by atoms with van der Waals surface area (Å²) in [5.74, 6) is -0.810. The number of para-hydroxylation sites is 1. The number of fused-ring (bicyclic) bond motifs is 2. The van der Waals surface area contributed by atoms with E-state index in [0.717, 1.165) is 0 Å². The van der Waals surface area contributed by atoms with Crippen molar-refractivity contribution in [2.75, 3.05) is 38.3 Å². The average Bonchev–Trinajstić information content (AvgIpc) is 3.20. The zero-order valence-corrected chi connectivity index (χ0v) is 15.6. The van der Waals surface area contributed by atoms with Crippen LogP contribution in [-0.2, 0) is 19.4 Å². The van der Waals surface area contributed by atoms with Gasteiger partial charge in [0.1, 0.15) is 18.5 Å². The average molecular weight is 392 g/mol. The summed E-state index contributed by atoms with van der Waals surface area (Å²) in [5, 5.41) is 0.692. The van der Waals surface area contributed by atoms with E-state index in [1.165, 1.54) is 18.3 Å². The third-order valence-corrected chi connectivity index (χ3v) is 6.94. The molecule has 0 spiro atoms. The fourth-order valence-electron chi connectivity index (χ4n) is 4.02. The fraction of sp³-hybridized carbons (Fsp3) is 0.444. The molecule has 0 aliphatic carbocycles. The van der Waals surface area contributed by atoms with Gasteiger partial charge in [0.2, 0.25) is 5.91 Å². The third-order valence-electron chi connectivity index (χ3n) is 5.24. The van der Waals surface area contributed by atoms with Gasteiger partial charge in [-0.05, 0) is 6.07 Å². The van der Waals surface area contributed by atoms with Crippen LogP contribution in [0.2, 0.25) is 0 Å². The monoisotopic (exact) mass is 392 g/mol. The Morgan fingerprint density at radius 1 is 1.15 bits per heavy atom. The second-order valence-electron chi connectivity index (χ2n) is 6.88. The summed E-state index contributed by atoms with van der Waals surface area (Å²) in [6.07, 6.45) is 1.41. The van der Waals surface area contributed by atoms with Crippen molar-refractivity contribution in [2.24, 2.45) is 0 Å². The Bertz CT molecular complexity index is 998. The van der Waals surface area contributed by atoms with Crippen molar-refractivity contribution >= 4 is 32.6 Å². The number of ether oxygens (including phenoxy) is 1. The molecule has 144 valence electrons. The molecule has 2 atom stereocenters. The van der Waals surface area contributed by atoms with E-state index in [2.05, 4.69) is 0 Å². The SMILES string of the molecule is COCC(=O)N1CCN(C(=O)c2coc3ccccc23)[C@H]2CS(=O)(=O)C[C@H]21. The molecule has 0 unspecified atom stereocenters. The maximum absolute atomic E-state index is 13.2. The smallest absolute Gasteiger partial charge is 0.258 e. The number of amides is 2. The number of carbonyl (C=O) groups is 2. The molecule has 2 aliphatic heterocycles. The highest BCUT2D eigenvalue weighted by molar-refractivity contribution is 7.91. The van der Waals surface area contributed by atoms with Gasteiger partial charge in [0.25, 0.3) is 5.91 Å². The molecule has 2 amide bonds. The first-order chi connectivity index (χ1) is 12.9. The van der Waals surface area contributed by atoms with Crippen LogP contribution < -0.4 is 0 Å². The van der Waals surface area contributed by atoms with Gasteiger partial charge < -0.3 is 19.0 Å². The minimum atomic E-state index is -3.34. The molecule has 2 saturated heterocycles. The summed E-state index contributed by atoms with van der Waals surface area (Å²) in [7, 11) is -1.92. The number of nitrogens with zero attached hydrogens (tertiary/aromatic N) is 2. The van der Waals surface area contributed by atoms with Crippen LogP contribution in [0.5, 0.6) is 0 Å². The number of hydrogen-bond acceptors (Lipinski definition) is 6. The Morgan fingerprint density at radius 3 is 2.56 bits per heavy atom. The second-order valence-corrected chi connectivity index (χ2v) is 9.03. The highest BCUT2D eigenvalue weighted by Gasteiger charge is 2.49. The molecule has 2 aliphatic rings. The number of carbonyl (C=O) groups excluding carboxylic acids is 2. The molecule has 2 fully saturated rings. The maximum Gasteiger partial charge on any atom is 0.258 e. The molecule has 0 saturated carbocycles. The topological polar surface area (TPSA) is 97.1 Å². The van der Waals surface area contributed by atoms with Gasteiger partial charge in [-0.25, -0.2) is 8.42 Å². The van der Waals surface area contributed by atoms with Crippen molar-refractivity contribution in [3.8, 4) is 0 Å². The lowest BCUT2D eigenvalue weighted by Crippen LogP contribution is -2.62. The zero-order chi connectivity index (χ0) is 19.2. The van der Waals surface area contributed by atoms with E-state index in [1.54, 1.807) is 17.0 Å². The number of hydrogen-bond donors (Lipinski definition) is 0. The van der Waals surface area contributed by atoms with Gasteiger partial charge >= 0.3 is 0 Å². The minimum Gasteiger partial charge on any atom is -0.463 e. The van der Waals surface area contributed by atoms with Crippen molar-refractivity contribution in [1.82, 2.24) is 9.80 Å². The molecule has 4 rings (SSSR count). The molecule has 27 heavy (non-hydrogen) atoms. The first kappa shape index (κ1) is 18.0. The molecule has 0 bridgehead atoms. The summed E-state index contributed by atoms with van der Waals surface area (Å²) in [5.41, 5.74) is 1.01. The Kier molecular flexibility index (Phi) is 4.43. The molecule has 0 N–H and O–H groups in total. The highest BCUT2D eigenvalue weighted by atomic mass is 32.2. The highest BCUT2D eigenvalue weighted by Crippen LogP contribution is 2.30. The van der Waals surface area contributed by atoms with Crippen LogP contribution in [0.25, 0.3) is 11.0 Å². The van der Waals surface area contributed by atoms with Crippen LogP contribution in [0, 0.1) is 0 Å². The van der Waals surface area contributed by atoms with E-state index in [4.69, 9.17) is 9.15 Å². The van der Waals surface area contributed by atoms with Crippen LogP contribution >= 0.6 is 0 Å². The van der Waals surface area contributed by atoms with Gasteiger partial charge in [-0.1, -0.05) is 18.2 Å². The van der Waals surface area contributed by atoms with Crippen LogP contribution in [0.1, 0.15) is 10.4 Å². The molecule has 8 nitrogen and oxygen atoms in total. The lowest BCUT2D eigenvalue weighted by Gasteiger charge is -2.43. The molecule has 1 aromatic carbocycles. The largest absolute Gasteiger partial charge is 0.463 e. The Balaban J connectivity index is 1.66. The quantitative estimate of drug-likeness (QED) is 0.756.